The molecule has 114 valence electrons. The number of ether oxygens (including phenoxy) is 2. The standard InChI is InChI=1S/C16H28N2O2/c1-7-19-11-12(2)20-15-9-13(10-17-6)8-14(18-15)16(3,4)5/h8-9,12,17H,7,10-11H2,1-6H3. The van der Waals surface area contributed by atoms with E-state index in [1.165, 1.54) is 5.56 Å². The summed E-state index contributed by atoms with van der Waals surface area (Å²) in [5, 5.41) is 3.17. The molecule has 0 aliphatic carbocycles. The van der Waals surface area contributed by atoms with Gasteiger partial charge in [-0.25, -0.2) is 4.98 Å². The van der Waals surface area contributed by atoms with Crippen molar-refractivity contribution in [1.29, 1.82) is 0 Å². The van der Waals surface area contributed by atoms with E-state index in [0.29, 0.717) is 19.1 Å². The van der Waals surface area contributed by atoms with Crippen LogP contribution in [-0.2, 0) is 16.7 Å². The maximum absolute atomic E-state index is 5.88. The van der Waals surface area contributed by atoms with Crippen molar-refractivity contribution in [1.82, 2.24) is 10.3 Å². The fourth-order valence-corrected chi connectivity index (χ4v) is 1.83. The van der Waals surface area contributed by atoms with E-state index in [4.69, 9.17) is 9.47 Å². The molecule has 0 bridgehead atoms. The quantitative estimate of drug-likeness (QED) is 0.834. The van der Waals surface area contributed by atoms with Gasteiger partial charge in [-0.15, -0.1) is 0 Å². The third-order valence-electron chi connectivity index (χ3n) is 2.89. The van der Waals surface area contributed by atoms with Crippen molar-refractivity contribution in [3.8, 4) is 5.88 Å². The first kappa shape index (κ1) is 16.9. The van der Waals surface area contributed by atoms with Crippen LogP contribution in [0.25, 0.3) is 0 Å². The topological polar surface area (TPSA) is 43.4 Å². The van der Waals surface area contributed by atoms with Gasteiger partial charge in [0, 0.05) is 24.6 Å². The van der Waals surface area contributed by atoms with Crippen LogP contribution < -0.4 is 10.1 Å². The number of pyridine rings is 1. The Morgan fingerprint density at radius 2 is 2.00 bits per heavy atom. The van der Waals surface area contributed by atoms with Crippen LogP contribution in [0.5, 0.6) is 5.88 Å². The van der Waals surface area contributed by atoms with E-state index in [9.17, 15) is 0 Å². The SMILES string of the molecule is CCOCC(C)Oc1cc(CNC)cc(C(C)(C)C)n1. The molecule has 0 aliphatic rings. The molecular weight excluding hydrogens is 252 g/mol. The molecule has 0 aliphatic heterocycles. The second-order valence-electron chi connectivity index (χ2n) is 6.07. The third-order valence-corrected chi connectivity index (χ3v) is 2.89. The summed E-state index contributed by atoms with van der Waals surface area (Å²) in [4.78, 5) is 4.63. The van der Waals surface area contributed by atoms with Gasteiger partial charge in [0.25, 0.3) is 0 Å². The third kappa shape index (κ3) is 5.47. The highest BCUT2D eigenvalue weighted by Gasteiger charge is 2.18. The van der Waals surface area contributed by atoms with Gasteiger partial charge in [-0.3, -0.25) is 0 Å². The lowest BCUT2D eigenvalue weighted by Gasteiger charge is -2.21. The molecule has 1 rings (SSSR count). The van der Waals surface area contributed by atoms with Crippen LogP contribution in [0.4, 0.5) is 0 Å². The number of nitrogens with one attached hydrogen (secondary N) is 1. The minimum absolute atomic E-state index is 0.0000964. The molecule has 0 aromatic carbocycles. The maximum atomic E-state index is 5.88. The van der Waals surface area contributed by atoms with Gasteiger partial charge in [-0.05, 0) is 32.5 Å². The molecule has 0 amide bonds. The average molecular weight is 280 g/mol. The Morgan fingerprint density at radius 1 is 1.30 bits per heavy atom. The Labute approximate surface area is 122 Å². The van der Waals surface area contributed by atoms with Crippen LogP contribution in [0.1, 0.15) is 45.9 Å². The van der Waals surface area contributed by atoms with Gasteiger partial charge in [-0.2, -0.15) is 0 Å². The molecule has 0 fully saturated rings. The highest BCUT2D eigenvalue weighted by Crippen LogP contribution is 2.24. The largest absolute Gasteiger partial charge is 0.472 e. The number of hydrogen-bond donors (Lipinski definition) is 1. The van der Waals surface area contributed by atoms with Gasteiger partial charge >= 0.3 is 0 Å². The van der Waals surface area contributed by atoms with E-state index in [1.807, 2.05) is 27.0 Å². The van der Waals surface area contributed by atoms with Gasteiger partial charge in [0.2, 0.25) is 5.88 Å². The molecular formula is C16H28N2O2. The molecule has 0 saturated carbocycles. The Morgan fingerprint density at radius 3 is 2.55 bits per heavy atom. The summed E-state index contributed by atoms with van der Waals surface area (Å²) in [5.74, 6) is 0.676. The lowest BCUT2D eigenvalue weighted by atomic mass is 9.91. The predicted octanol–water partition coefficient (Wildman–Crippen LogP) is 2.90. The van der Waals surface area contributed by atoms with Crippen LogP contribution in [0.3, 0.4) is 0 Å². The first-order valence-electron chi connectivity index (χ1n) is 7.27. The van der Waals surface area contributed by atoms with E-state index in [-0.39, 0.29) is 11.5 Å². The van der Waals surface area contributed by atoms with Gasteiger partial charge in [0.05, 0.1) is 12.3 Å². The lowest BCUT2D eigenvalue weighted by molar-refractivity contribution is 0.0631. The van der Waals surface area contributed by atoms with E-state index in [2.05, 4.69) is 37.1 Å². The monoisotopic (exact) mass is 280 g/mol. The van der Waals surface area contributed by atoms with Crippen LogP contribution in [-0.4, -0.2) is 31.3 Å². The van der Waals surface area contributed by atoms with E-state index >= 15 is 0 Å². The van der Waals surface area contributed by atoms with E-state index in [1.54, 1.807) is 0 Å². The zero-order valence-electron chi connectivity index (χ0n) is 13.6. The Bertz CT molecular complexity index is 413. The van der Waals surface area contributed by atoms with Crippen LogP contribution in [0, 0.1) is 0 Å². The molecule has 0 radical (unpaired) electrons. The van der Waals surface area contributed by atoms with Crippen molar-refractivity contribution in [2.45, 2.75) is 52.7 Å². The molecule has 1 heterocycles. The van der Waals surface area contributed by atoms with Crippen LogP contribution in [0.2, 0.25) is 0 Å². The molecule has 1 N–H and O–H groups in total. The highest BCUT2D eigenvalue weighted by atomic mass is 16.5. The molecule has 1 unspecified atom stereocenters. The van der Waals surface area contributed by atoms with Crippen LogP contribution in [0.15, 0.2) is 12.1 Å². The molecule has 4 nitrogen and oxygen atoms in total. The number of rotatable bonds is 7. The zero-order chi connectivity index (χ0) is 15.2. The fraction of sp³-hybridized carbons (Fsp3) is 0.688. The van der Waals surface area contributed by atoms with Gasteiger partial charge in [-0.1, -0.05) is 20.8 Å². The number of hydrogen-bond acceptors (Lipinski definition) is 4. The van der Waals surface area contributed by atoms with Gasteiger partial charge in [0.1, 0.15) is 6.10 Å². The van der Waals surface area contributed by atoms with Crippen molar-refractivity contribution >= 4 is 0 Å². The van der Waals surface area contributed by atoms with Crippen molar-refractivity contribution in [3.63, 3.8) is 0 Å². The van der Waals surface area contributed by atoms with E-state index < -0.39 is 0 Å². The molecule has 0 spiro atoms. The minimum Gasteiger partial charge on any atom is -0.472 e. The normalized spacial score (nSPS) is 13.3. The first-order chi connectivity index (χ1) is 9.36. The van der Waals surface area contributed by atoms with Gasteiger partial charge < -0.3 is 14.8 Å². The first-order valence-corrected chi connectivity index (χ1v) is 7.27. The van der Waals surface area contributed by atoms with Gasteiger partial charge in [0.15, 0.2) is 0 Å². The van der Waals surface area contributed by atoms with Crippen molar-refractivity contribution in [2.75, 3.05) is 20.3 Å². The van der Waals surface area contributed by atoms with E-state index in [0.717, 1.165) is 12.2 Å². The predicted molar refractivity (Wildman–Crippen MR) is 82.3 cm³/mol. The van der Waals surface area contributed by atoms with Crippen LogP contribution >= 0.6 is 0 Å². The smallest absolute Gasteiger partial charge is 0.214 e. The molecule has 1 atom stereocenters. The van der Waals surface area contributed by atoms with Crippen molar-refractivity contribution < 1.29 is 9.47 Å². The molecule has 1 aromatic rings. The molecule has 4 heteroatoms. The number of aromatic nitrogens is 1. The van der Waals surface area contributed by atoms with Crippen molar-refractivity contribution in [3.05, 3.63) is 23.4 Å². The number of nitrogens with zero attached hydrogens (tertiary/aromatic N) is 1. The second kappa shape index (κ2) is 7.60. The summed E-state index contributed by atoms with van der Waals surface area (Å²) < 4.78 is 11.3. The zero-order valence-corrected chi connectivity index (χ0v) is 13.6. The summed E-state index contributed by atoms with van der Waals surface area (Å²) in [7, 11) is 1.94. The molecule has 20 heavy (non-hydrogen) atoms. The summed E-state index contributed by atoms with van der Waals surface area (Å²) in [6, 6.07) is 4.13. The summed E-state index contributed by atoms with van der Waals surface area (Å²) in [5.41, 5.74) is 2.24. The Hall–Kier alpha value is -1.13. The Balaban J connectivity index is 2.91. The second-order valence-corrected chi connectivity index (χ2v) is 6.07. The minimum atomic E-state index is 0.0000964. The fourth-order valence-electron chi connectivity index (χ4n) is 1.83. The lowest BCUT2D eigenvalue weighted by Crippen LogP contribution is -2.21. The maximum Gasteiger partial charge on any atom is 0.214 e. The average Bonchev–Trinajstić information content (AvgIpc) is 2.35. The highest BCUT2D eigenvalue weighted by molar-refractivity contribution is 5.28. The summed E-state index contributed by atoms with van der Waals surface area (Å²) in [6.45, 7) is 12.5. The molecule has 0 saturated heterocycles. The Kier molecular flexibility index (Phi) is 6.43. The summed E-state index contributed by atoms with van der Waals surface area (Å²) >= 11 is 0. The summed E-state index contributed by atoms with van der Waals surface area (Å²) in [6.07, 6.45) is 0.0000964. The van der Waals surface area contributed by atoms with Crippen molar-refractivity contribution in [2.24, 2.45) is 0 Å². The molecule has 1 aromatic heterocycles.